The summed E-state index contributed by atoms with van der Waals surface area (Å²) in [4.78, 5) is 12.9. The fraction of sp³-hybridized carbons (Fsp3) is 0.700. The first kappa shape index (κ1) is 11.0. The van der Waals surface area contributed by atoms with Gasteiger partial charge in [-0.3, -0.25) is 4.79 Å². The topological polar surface area (TPSA) is 60.8 Å². The molecule has 1 heterocycles. The van der Waals surface area contributed by atoms with Crippen molar-refractivity contribution >= 4 is 5.91 Å². The number of aliphatic hydroxyl groups excluding tert-OH is 1. The van der Waals surface area contributed by atoms with Crippen molar-refractivity contribution in [3.8, 4) is 11.8 Å². The van der Waals surface area contributed by atoms with Gasteiger partial charge in [-0.15, -0.1) is 0 Å². The van der Waals surface area contributed by atoms with Crippen molar-refractivity contribution in [1.82, 2.24) is 4.90 Å². The normalized spacial score (nSPS) is 19.8. The van der Waals surface area contributed by atoms with Gasteiger partial charge in [-0.2, -0.15) is 0 Å². The minimum absolute atomic E-state index is 0.201. The molecule has 0 aromatic heterocycles. The predicted molar refractivity (Wildman–Crippen MR) is 51.3 cm³/mol. The number of likely N-dealkylation sites (tertiary alicyclic amines) is 1. The molecular formula is C10H15NO3. The smallest absolute Gasteiger partial charge is 0.298 e. The minimum atomic E-state index is -1.00. The van der Waals surface area contributed by atoms with Crippen LogP contribution in [0.4, 0.5) is 0 Å². The number of hydrogen-bond acceptors (Lipinski definition) is 3. The predicted octanol–water partition coefficient (Wildman–Crippen LogP) is -0.645. The summed E-state index contributed by atoms with van der Waals surface area (Å²) < 4.78 is 0. The van der Waals surface area contributed by atoms with Crippen LogP contribution in [0.5, 0.6) is 0 Å². The van der Waals surface area contributed by atoms with E-state index < -0.39 is 5.60 Å². The molecule has 1 aliphatic heterocycles. The Morgan fingerprint density at radius 3 is 2.50 bits per heavy atom. The number of nitrogens with zero attached hydrogens (tertiary/aromatic N) is 1. The molecule has 1 saturated heterocycles. The molecular weight excluding hydrogens is 182 g/mol. The number of amides is 1. The lowest BCUT2D eigenvalue weighted by Crippen LogP contribution is -2.48. The minimum Gasteiger partial charge on any atom is -0.393 e. The fourth-order valence-electron chi connectivity index (χ4n) is 1.47. The van der Waals surface area contributed by atoms with Crippen LogP contribution in [0.3, 0.4) is 0 Å². The number of aliphatic hydroxyl groups is 2. The first-order chi connectivity index (χ1) is 6.61. The van der Waals surface area contributed by atoms with E-state index in [9.17, 15) is 9.90 Å². The van der Waals surface area contributed by atoms with E-state index in [1.807, 2.05) is 0 Å². The number of piperidine rings is 1. The fourth-order valence-corrected chi connectivity index (χ4v) is 1.47. The van der Waals surface area contributed by atoms with Gasteiger partial charge in [0.25, 0.3) is 5.91 Å². The summed E-state index contributed by atoms with van der Waals surface area (Å²) >= 11 is 0. The number of carbonyl (C=O) groups excluding carboxylic acids is 1. The lowest BCUT2D eigenvalue weighted by molar-refractivity contribution is -0.130. The molecule has 0 saturated carbocycles. The van der Waals surface area contributed by atoms with E-state index in [0.29, 0.717) is 25.9 Å². The maximum atomic E-state index is 11.3. The van der Waals surface area contributed by atoms with Crippen LogP contribution >= 0.6 is 0 Å². The third-order valence-corrected chi connectivity index (χ3v) is 2.51. The molecule has 4 nitrogen and oxygen atoms in total. The van der Waals surface area contributed by atoms with Gasteiger partial charge in [0.1, 0.15) is 0 Å². The summed E-state index contributed by atoms with van der Waals surface area (Å²) in [5, 5.41) is 18.6. The lowest BCUT2D eigenvalue weighted by Gasteiger charge is -2.36. The second-order valence-corrected chi connectivity index (χ2v) is 3.55. The summed E-state index contributed by atoms with van der Waals surface area (Å²) in [6.07, 6.45) is 0.835. The van der Waals surface area contributed by atoms with Crippen LogP contribution in [0, 0.1) is 11.8 Å². The van der Waals surface area contributed by atoms with E-state index in [2.05, 4.69) is 11.8 Å². The van der Waals surface area contributed by atoms with Gasteiger partial charge in [-0.25, -0.2) is 0 Å². The highest BCUT2D eigenvalue weighted by Crippen LogP contribution is 2.21. The molecule has 0 aromatic rings. The molecule has 1 rings (SSSR count). The van der Waals surface area contributed by atoms with Crippen molar-refractivity contribution in [3.05, 3.63) is 0 Å². The lowest BCUT2D eigenvalue weighted by atomic mass is 9.92. The van der Waals surface area contributed by atoms with Crippen molar-refractivity contribution in [1.29, 1.82) is 0 Å². The van der Waals surface area contributed by atoms with Crippen LogP contribution in [0.15, 0.2) is 0 Å². The van der Waals surface area contributed by atoms with E-state index in [4.69, 9.17) is 5.11 Å². The van der Waals surface area contributed by atoms with Crippen molar-refractivity contribution in [3.63, 3.8) is 0 Å². The maximum Gasteiger partial charge on any atom is 0.298 e. The molecule has 1 amide bonds. The molecule has 0 bridgehead atoms. The molecule has 0 aromatic carbocycles. The van der Waals surface area contributed by atoms with Crippen LogP contribution in [0.25, 0.3) is 0 Å². The van der Waals surface area contributed by atoms with Gasteiger partial charge in [0.15, 0.2) is 0 Å². The Balaban J connectivity index is 2.49. The Labute approximate surface area is 83.5 Å². The largest absolute Gasteiger partial charge is 0.393 e. The molecule has 1 fully saturated rings. The Bertz CT molecular complexity index is 269. The third kappa shape index (κ3) is 2.47. The van der Waals surface area contributed by atoms with Crippen molar-refractivity contribution < 1.29 is 15.0 Å². The molecule has 78 valence electrons. The van der Waals surface area contributed by atoms with Gasteiger partial charge < -0.3 is 15.1 Å². The number of carbonyl (C=O) groups is 1. The van der Waals surface area contributed by atoms with Crippen LogP contribution in [0.2, 0.25) is 0 Å². The molecule has 0 aliphatic carbocycles. The zero-order valence-corrected chi connectivity index (χ0v) is 8.29. The Kier molecular flexibility index (Phi) is 3.50. The average molecular weight is 197 g/mol. The summed E-state index contributed by atoms with van der Waals surface area (Å²) in [7, 11) is 0. The van der Waals surface area contributed by atoms with Gasteiger partial charge in [0, 0.05) is 13.1 Å². The maximum absolute atomic E-state index is 11.3. The molecule has 0 radical (unpaired) electrons. The van der Waals surface area contributed by atoms with Gasteiger partial charge in [-0.05, 0) is 25.7 Å². The molecule has 1 aliphatic rings. The summed E-state index contributed by atoms with van der Waals surface area (Å²) in [5.41, 5.74) is -1.00. The second-order valence-electron chi connectivity index (χ2n) is 3.55. The van der Waals surface area contributed by atoms with E-state index in [0.717, 1.165) is 0 Å². The monoisotopic (exact) mass is 197 g/mol. The SMILES string of the molecule is CC#CC(=O)N1CCC(O)(CO)CC1. The summed E-state index contributed by atoms with van der Waals surface area (Å²) in [6, 6.07) is 0. The third-order valence-electron chi connectivity index (χ3n) is 2.51. The van der Waals surface area contributed by atoms with E-state index in [1.54, 1.807) is 11.8 Å². The Morgan fingerprint density at radius 1 is 1.50 bits per heavy atom. The van der Waals surface area contributed by atoms with Crippen molar-refractivity contribution in [2.24, 2.45) is 0 Å². The first-order valence-corrected chi connectivity index (χ1v) is 4.66. The quantitative estimate of drug-likeness (QED) is 0.549. The van der Waals surface area contributed by atoms with Gasteiger partial charge in [0.05, 0.1) is 12.2 Å². The molecule has 0 atom stereocenters. The summed E-state index contributed by atoms with van der Waals surface area (Å²) in [5.74, 6) is 4.80. The Hall–Kier alpha value is -1.05. The zero-order valence-electron chi connectivity index (χ0n) is 8.29. The zero-order chi connectivity index (χ0) is 10.6. The molecule has 0 unspecified atom stereocenters. The van der Waals surface area contributed by atoms with Gasteiger partial charge >= 0.3 is 0 Å². The average Bonchev–Trinajstić information content (AvgIpc) is 2.19. The molecule has 0 spiro atoms. The highest BCUT2D eigenvalue weighted by molar-refractivity contribution is 5.93. The highest BCUT2D eigenvalue weighted by atomic mass is 16.3. The highest BCUT2D eigenvalue weighted by Gasteiger charge is 2.32. The van der Waals surface area contributed by atoms with Gasteiger partial charge in [0.2, 0.25) is 0 Å². The van der Waals surface area contributed by atoms with Crippen LogP contribution < -0.4 is 0 Å². The van der Waals surface area contributed by atoms with Crippen molar-refractivity contribution in [2.75, 3.05) is 19.7 Å². The number of hydrogen-bond donors (Lipinski definition) is 2. The van der Waals surface area contributed by atoms with Crippen molar-refractivity contribution in [2.45, 2.75) is 25.4 Å². The standard InChI is InChI=1S/C10H15NO3/c1-2-3-9(13)11-6-4-10(14,8-12)5-7-11/h12,14H,4-8H2,1H3. The molecule has 14 heavy (non-hydrogen) atoms. The van der Waals surface area contributed by atoms with Crippen LogP contribution in [0.1, 0.15) is 19.8 Å². The molecule has 4 heteroatoms. The van der Waals surface area contributed by atoms with E-state index >= 15 is 0 Å². The van der Waals surface area contributed by atoms with Crippen LogP contribution in [-0.4, -0.2) is 46.3 Å². The molecule has 2 N–H and O–H groups in total. The first-order valence-electron chi connectivity index (χ1n) is 4.66. The number of rotatable bonds is 1. The van der Waals surface area contributed by atoms with Gasteiger partial charge in [-0.1, -0.05) is 5.92 Å². The second kappa shape index (κ2) is 4.45. The summed E-state index contributed by atoms with van der Waals surface area (Å²) in [6.45, 7) is 2.30. The van der Waals surface area contributed by atoms with Crippen LogP contribution in [-0.2, 0) is 4.79 Å². The Morgan fingerprint density at radius 2 is 2.07 bits per heavy atom. The van der Waals surface area contributed by atoms with E-state index in [1.165, 1.54) is 0 Å². The van der Waals surface area contributed by atoms with E-state index in [-0.39, 0.29) is 12.5 Å².